The van der Waals surface area contributed by atoms with Crippen molar-refractivity contribution in [1.82, 2.24) is 4.98 Å². The molecule has 130 valence electrons. The van der Waals surface area contributed by atoms with Crippen LogP contribution < -0.4 is 14.8 Å². The minimum atomic E-state index is -0.176. The van der Waals surface area contributed by atoms with Crippen LogP contribution in [0.3, 0.4) is 0 Å². The lowest BCUT2D eigenvalue weighted by molar-refractivity contribution is 0.102. The SMILES string of the molecule is Cc1ccnc(-c2ccc(C(=O)Nc3ccc4c(c3)OCCO4)cc2)c1. The van der Waals surface area contributed by atoms with Crippen molar-refractivity contribution in [1.29, 1.82) is 0 Å². The van der Waals surface area contributed by atoms with Gasteiger partial charge in [-0.1, -0.05) is 12.1 Å². The smallest absolute Gasteiger partial charge is 0.255 e. The van der Waals surface area contributed by atoms with E-state index in [2.05, 4.69) is 10.3 Å². The zero-order valence-electron chi connectivity index (χ0n) is 14.4. The van der Waals surface area contributed by atoms with Crippen LogP contribution in [0, 0.1) is 6.92 Å². The Bertz CT molecular complexity index is 952. The number of benzene rings is 2. The number of nitrogens with zero attached hydrogens (tertiary/aromatic N) is 1. The number of rotatable bonds is 3. The van der Waals surface area contributed by atoms with Crippen molar-refractivity contribution >= 4 is 11.6 Å². The van der Waals surface area contributed by atoms with Crippen LogP contribution in [0.25, 0.3) is 11.3 Å². The number of carbonyl (C=O) groups excluding carboxylic acids is 1. The average Bonchev–Trinajstić information content (AvgIpc) is 2.68. The number of carbonyl (C=O) groups is 1. The Morgan fingerprint density at radius 3 is 2.50 bits per heavy atom. The Balaban J connectivity index is 1.50. The van der Waals surface area contributed by atoms with E-state index in [-0.39, 0.29) is 5.91 Å². The lowest BCUT2D eigenvalue weighted by Gasteiger charge is -2.19. The Labute approximate surface area is 151 Å². The number of ether oxygens (including phenoxy) is 2. The molecule has 0 unspecified atom stereocenters. The third kappa shape index (κ3) is 3.37. The van der Waals surface area contributed by atoms with E-state index in [4.69, 9.17) is 9.47 Å². The minimum Gasteiger partial charge on any atom is -0.486 e. The first kappa shape index (κ1) is 16.1. The van der Waals surface area contributed by atoms with Crippen LogP contribution in [-0.2, 0) is 0 Å². The van der Waals surface area contributed by atoms with Gasteiger partial charge in [0.15, 0.2) is 11.5 Å². The van der Waals surface area contributed by atoms with Gasteiger partial charge in [0.2, 0.25) is 0 Å². The normalized spacial score (nSPS) is 12.5. The summed E-state index contributed by atoms with van der Waals surface area (Å²) in [7, 11) is 0. The largest absolute Gasteiger partial charge is 0.486 e. The van der Waals surface area contributed by atoms with E-state index in [0.717, 1.165) is 16.8 Å². The molecule has 5 nitrogen and oxygen atoms in total. The van der Waals surface area contributed by atoms with Gasteiger partial charge >= 0.3 is 0 Å². The molecule has 26 heavy (non-hydrogen) atoms. The number of amides is 1. The minimum absolute atomic E-state index is 0.176. The zero-order valence-corrected chi connectivity index (χ0v) is 14.4. The van der Waals surface area contributed by atoms with Gasteiger partial charge in [0.25, 0.3) is 5.91 Å². The summed E-state index contributed by atoms with van der Waals surface area (Å²) in [5, 5.41) is 2.89. The van der Waals surface area contributed by atoms with Gasteiger partial charge in [0.05, 0.1) is 5.69 Å². The van der Waals surface area contributed by atoms with Crippen LogP contribution in [-0.4, -0.2) is 24.1 Å². The third-order valence-electron chi connectivity index (χ3n) is 4.16. The quantitative estimate of drug-likeness (QED) is 0.776. The maximum atomic E-state index is 12.5. The highest BCUT2D eigenvalue weighted by atomic mass is 16.6. The highest BCUT2D eigenvalue weighted by Crippen LogP contribution is 2.32. The van der Waals surface area contributed by atoms with Gasteiger partial charge in [0.1, 0.15) is 13.2 Å². The molecule has 1 N–H and O–H groups in total. The molecule has 3 aromatic rings. The molecule has 0 saturated heterocycles. The number of nitrogens with one attached hydrogen (secondary N) is 1. The number of aromatic nitrogens is 1. The predicted octanol–water partition coefficient (Wildman–Crippen LogP) is 4.08. The second kappa shape index (κ2) is 6.88. The predicted molar refractivity (Wildman–Crippen MR) is 99.8 cm³/mol. The zero-order chi connectivity index (χ0) is 17.9. The molecular formula is C21H18N2O3. The molecule has 1 aliphatic heterocycles. The Morgan fingerprint density at radius 1 is 0.962 bits per heavy atom. The number of pyridine rings is 1. The second-order valence-electron chi connectivity index (χ2n) is 6.11. The molecule has 0 radical (unpaired) electrons. The molecule has 0 saturated carbocycles. The van der Waals surface area contributed by atoms with E-state index in [0.29, 0.717) is 36.0 Å². The molecule has 4 rings (SSSR count). The molecule has 0 fully saturated rings. The molecular weight excluding hydrogens is 328 g/mol. The summed E-state index contributed by atoms with van der Waals surface area (Å²) < 4.78 is 11.0. The van der Waals surface area contributed by atoms with Crippen molar-refractivity contribution in [3.8, 4) is 22.8 Å². The molecule has 2 aromatic carbocycles. The van der Waals surface area contributed by atoms with Gasteiger partial charge in [-0.15, -0.1) is 0 Å². The van der Waals surface area contributed by atoms with Crippen molar-refractivity contribution in [2.24, 2.45) is 0 Å². The monoisotopic (exact) mass is 346 g/mol. The molecule has 2 heterocycles. The molecule has 1 amide bonds. The van der Waals surface area contributed by atoms with E-state index in [1.807, 2.05) is 31.2 Å². The van der Waals surface area contributed by atoms with E-state index >= 15 is 0 Å². The number of anilines is 1. The van der Waals surface area contributed by atoms with Crippen molar-refractivity contribution < 1.29 is 14.3 Å². The standard InChI is InChI=1S/C21H18N2O3/c1-14-8-9-22-18(12-14)15-2-4-16(5-3-15)21(24)23-17-6-7-19-20(13-17)26-11-10-25-19/h2-9,12-13H,10-11H2,1H3,(H,23,24). The summed E-state index contributed by atoms with van der Waals surface area (Å²) in [6.45, 7) is 3.08. The highest BCUT2D eigenvalue weighted by Gasteiger charge is 2.13. The van der Waals surface area contributed by atoms with Crippen LogP contribution >= 0.6 is 0 Å². The Morgan fingerprint density at radius 2 is 1.73 bits per heavy atom. The van der Waals surface area contributed by atoms with Crippen LogP contribution in [0.1, 0.15) is 15.9 Å². The number of fused-ring (bicyclic) bond motifs is 1. The summed E-state index contributed by atoms with van der Waals surface area (Å²) in [6.07, 6.45) is 1.78. The second-order valence-corrected chi connectivity index (χ2v) is 6.11. The van der Waals surface area contributed by atoms with E-state index in [1.54, 1.807) is 36.5 Å². The first-order valence-electron chi connectivity index (χ1n) is 8.43. The maximum absolute atomic E-state index is 12.5. The summed E-state index contributed by atoms with van der Waals surface area (Å²) in [4.78, 5) is 16.9. The topological polar surface area (TPSA) is 60.5 Å². The summed E-state index contributed by atoms with van der Waals surface area (Å²) in [5.41, 5.74) is 4.27. The molecule has 0 aliphatic carbocycles. The van der Waals surface area contributed by atoms with Crippen molar-refractivity contribution in [3.63, 3.8) is 0 Å². The molecule has 0 atom stereocenters. The Kier molecular flexibility index (Phi) is 4.27. The molecule has 1 aromatic heterocycles. The molecule has 0 spiro atoms. The van der Waals surface area contributed by atoms with Crippen molar-refractivity contribution in [2.45, 2.75) is 6.92 Å². The molecule has 5 heteroatoms. The average molecular weight is 346 g/mol. The van der Waals surface area contributed by atoms with Gasteiger partial charge in [-0.25, -0.2) is 0 Å². The van der Waals surface area contributed by atoms with Crippen LogP contribution in [0.15, 0.2) is 60.8 Å². The number of hydrogen-bond acceptors (Lipinski definition) is 4. The fraction of sp³-hybridized carbons (Fsp3) is 0.143. The number of hydrogen-bond donors (Lipinski definition) is 1. The highest BCUT2D eigenvalue weighted by molar-refractivity contribution is 6.04. The van der Waals surface area contributed by atoms with Gasteiger partial charge in [-0.05, 0) is 48.9 Å². The first-order valence-corrected chi connectivity index (χ1v) is 8.43. The van der Waals surface area contributed by atoms with E-state index in [1.165, 1.54) is 0 Å². The van der Waals surface area contributed by atoms with Crippen molar-refractivity contribution in [2.75, 3.05) is 18.5 Å². The lowest BCUT2D eigenvalue weighted by atomic mass is 10.1. The van der Waals surface area contributed by atoms with E-state index in [9.17, 15) is 4.79 Å². The fourth-order valence-electron chi connectivity index (χ4n) is 2.81. The summed E-state index contributed by atoms with van der Waals surface area (Å²) in [6, 6.07) is 16.8. The van der Waals surface area contributed by atoms with Gasteiger partial charge in [0, 0.05) is 29.1 Å². The number of aryl methyl sites for hydroxylation is 1. The van der Waals surface area contributed by atoms with Crippen LogP contribution in [0.2, 0.25) is 0 Å². The first-order chi connectivity index (χ1) is 12.7. The lowest BCUT2D eigenvalue weighted by Crippen LogP contribution is -2.16. The maximum Gasteiger partial charge on any atom is 0.255 e. The third-order valence-corrected chi connectivity index (χ3v) is 4.16. The molecule has 1 aliphatic rings. The van der Waals surface area contributed by atoms with E-state index < -0.39 is 0 Å². The van der Waals surface area contributed by atoms with Gasteiger partial charge in [-0.3, -0.25) is 9.78 Å². The summed E-state index contributed by atoms with van der Waals surface area (Å²) >= 11 is 0. The Hall–Kier alpha value is -3.34. The van der Waals surface area contributed by atoms with Gasteiger partial charge in [-0.2, -0.15) is 0 Å². The van der Waals surface area contributed by atoms with Crippen LogP contribution in [0.4, 0.5) is 5.69 Å². The molecule has 0 bridgehead atoms. The summed E-state index contributed by atoms with van der Waals surface area (Å²) in [5.74, 6) is 1.17. The fourth-order valence-corrected chi connectivity index (χ4v) is 2.81. The van der Waals surface area contributed by atoms with Crippen LogP contribution in [0.5, 0.6) is 11.5 Å². The van der Waals surface area contributed by atoms with Crippen molar-refractivity contribution in [3.05, 3.63) is 71.9 Å². The van der Waals surface area contributed by atoms with Gasteiger partial charge < -0.3 is 14.8 Å².